The predicted molar refractivity (Wildman–Crippen MR) is 95.8 cm³/mol. The van der Waals surface area contributed by atoms with Gasteiger partial charge in [-0.2, -0.15) is 0 Å². The normalized spacial score (nSPS) is 10.4. The molecule has 0 aliphatic heterocycles. The number of ketones is 1. The summed E-state index contributed by atoms with van der Waals surface area (Å²) in [4.78, 5) is 22.1. The fourth-order valence-corrected chi connectivity index (χ4v) is 3.03. The Morgan fingerprint density at radius 2 is 1.96 bits per heavy atom. The number of carbonyl (C=O) groups excluding carboxylic acids is 1. The van der Waals surface area contributed by atoms with Crippen LogP contribution in [0.2, 0.25) is 0 Å². The monoisotopic (exact) mass is 354 g/mol. The number of carbonyl (C=O) groups is 1. The van der Waals surface area contributed by atoms with Gasteiger partial charge >= 0.3 is 0 Å². The van der Waals surface area contributed by atoms with Crippen molar-refractivity contribution in [2.75, 3.05) is 5.32 Å². The van der Waals surface area contributed by atoms with Crippen LogP contribution in [-0.2, 0) is 6.54 Å². The maximum atomic E-state index is 11.4. The number of aromatic nitrogens is 2. The van der Waals surface area contributed by atoms with E-state index in [9.17, 15) is 14.9 Å². The maximum Gasteiger partial charge on any atom is 0.293 e. The van der Waals surface area contributed by atoms with E-state index in [1.807, 2.05) is 30.3 Å². The zero-order chi connectivity index (χ0) is 17.8. The molecule has 0 spiro atoms. The zero-order valence-corrected chi connectivity index (χ0v) is 14.1. The summed E-state index contributed by atoms with van der Waals surface area (Å²) in [7, 11) is 0. The number of Topliss-reactive ketones (excluding diaryl/α,β-unsaturated/α-hetero) is 1. The highest BCUT2D eigenvalue weighted by molar-refractivity contribution is 7.14. The van der Waals surface area contributed by atoms with E-state index in [0.29, 0.717) is 22.8 Å². The molecule has 0 saturated carbocycles. The first-order valence-electron chi connectivity index (χ1n) is 7.45. The summed E-state index contributed by atoms with van der Waals surface area (Å²) in [6, 6.07) is 14.0. The van der Waals surface area contributed by atoms with Crippen LogP contribution in [0.1, 0.15) is 22.3 Å². The van der Waals surface area contributed by atoms with Gasteiger partial charge in [-0.1, -0.05) is 41.7 Å². The highest BCUT2D eigenvalue weighted by Gasteiger charge is 2.16. The van der Waals surface area contributed by atoms with Crippen LogP contribution in [0.4, 0.5) is 11.4 Å². The van der Waals surface area contributed by atoms with Crippen molar-refractivity contribution >= 4 is 28.5 Å². The van der Waals surface area contributed by atoms with Gasteiger partial charge in [0.25, 0.3) is 5.69 Å². The van der Waals surface area contributed by atoms with E-state index in [1.54, 1.807) is 6.07 Å². The number of nitrogens with one attached hydrogen (secondary N) is 1. The molecule has 0 unspecified atom stereocenters. The summed E-state index contributed by atoms with van der Waals surface area (Å²) < 4.78 is 0. The lowest BCUT2D eigenvalue weighted by Gasteiger charge is -2.06. The molecule has 126 valence electrons. The smallest absolute Gasteiger partial charge is 0.293 e. The zero-order valence-electron chi connectivity index (χ0n) is 13.3. The minimum absolute atomic E-state index is 0.138. The van der Waals surface area contributed by atoms with Crippen molar-refractivity contribution in [2.45, 2.75) is 13.5 Å². The maximum absolute atomic E-state index is 11.4. The van der Waals surface area contributed by atoms with Crippen LogP contribution < -0.4 is 5.32 Å². The van der Waals surface area contributed by atoms with Crippen LogP contribution >= 0.6 is 11.3 Å². The first-order valence-corrected chi connectivity index (χ1v) is 8.27. The number of nitrogens with zero attached hydrogens (tertiary/aromatic N) is 3. The van der Waals surface area contributed by atoms with E-state index in [1.165, 1.54) is 30.4 Å². The number of benzene rings is 2. The Morgan fingerprint density at radius 3 is 2.64 bits per heavy atom. The summed E-state index contributed by atoms with van der Waals surface area (Å²) in [5.74, 6) is -0.216. The van der Waals surface area contributed by atoms with Crippen molar-refractivity contribution in [1.82, 2.24) is 10.2 Å². The van der Waals surface area contributed by atoms with E-state index >= 15 is 0 Å². The van der Waals surface area contributed by atoms with Crippen LogP contribution in [0.15, 0.2) is 48.5 Å². The van der Waals surface area contributed by atoms with Crippen molar-refractivity contribution in [3.05, 3.63) is 69.2 Å². The largest absolute Gasteiger partial charge is 0.373 e. The van der Waals surface area contributed by atoms with Crippen molar-refractivity contribution in [3.8, 4) is 10.6 Å². The summed E-state index contributed by atoms with van der Waals surface area (Å²) in [5.41, 5.74) is 1.48. The van der Waals surface area contributed by atoms with Gasteiger partial charge in [-0.25, -0.2) is 0 Å². The highest BCUT2D eigenvalue weighted by atomic mass is 32.1. The van der Waals surface area contributed by atoms with Gasteiger partial charge in [0.15, 0.2) is 5.78 Å². The number of hydrogen-bond acceptors (Lipinski definition) is 7. The van der Waals surface area contributed by atoms with E-state index in [0.717, 1.165) is 10.6 Å². The topological polar surface area (TPSA) is 98.0 Å². The van der Waals surface area contributed by atoms with E-state index < -0.39 is 4.92 Å². The van der Waals surface area contributed by atoms with Gasteiger partial charge in [0.2, 0.25) is 0 Å². The Morgan fingerprint density at radius 1 is 1.20 bits per heavy atom. The summed E-state index contributed by atoms with van der Waals surface area (Å²) in [6.45, 7) is 1.68. The molecule has 0 saturated heterocycles. The van der Waals surface area contributed by atoms with Gasteiger partial charge in [0.05, 0.1) is 11.5 Å². The molecule has 0 bridgehead atoms. The lowest BCUT2D eigenvalue weighted by molar-refractivity contribution is -0.384. The second-order valence-electron chi connectivity index (χ2n) is 5.27. The molecule has 1 aromatic heterocycles. The Balaban J connectivity index is 1.77. The molecule has 25 heavy (non-hydrogen) atoms. The van der Waals surface area contributed by atoms with Gasteiger partial charge < -0.3 is 5.32 Å². The first kappa shape index (κ1) is 16.7. The van der Waals surface area contributed by atoms with Crippen molar-refractivity contribution in [3.63, 3.8) is 0 Å². The molecule has 0 aliphatic carbocycles. The quantitative estimate of drug-likeness (QED) is 0.409. The lowest BCUT2D eigenvalue weighted by atomic mass is 10.1. The third-order valence-corrected chi connectivity index (χ3v) is 4.49. The van der Waals surface area contributed by atoms with Crippen molar-refractivity contribution < 1.29 is 9.72 Å². The molecule has 3 aromatic rings. The Hall–Kier alpha value is -3.13. The highest BCUT2D eigenvalue weighted by Crippen LogP contribution is 2.28. The SMILES string of the molecule is CC(=O)c1ccc(NCc2nnc(-c3ccccc3)s2)c([N+](=O)[O-])c1. The Bertz CT molecular complexity index is 925. The molecule has 0 amide bonds. The molecular weight excluding hydrogens is 340 g/mol. The van der Waals surface area contributed by atoms with Crippen LogP contribution in [0, 0.1) is 10.1 Å². The van der Waals surface area contributed by atoms with E-state index in [-0.39, 0.29) is 11.5 Å². The van der Waals surface area contributed by atoms with E-state index in [4.69, 9.17) is 0 Å². The van der Waals surface area contributed by atoms with Crippen molar-refractivity contribution in [1.29, 1.82) is 0 Å². The second kappa shape index (κ2) is 7.18. The summed E-state index contributed by atoms with van der Waals surface area (Å²) in [5, 5.41) is 24.0. The van der Waals surface area contributed by atoms with Crippen LogP contribution in [0.25, 0.3) is 10.6 Å². The average molecular weight is 354 g/mol. The molecule has 0 atom stereocenters. The number of hydrogen-bond donors (Lipinski definition) is 1. The van der Waals surface area contributed by atoms with Crippen LogP contribution in [-0.4, -0.2) is 20.9 Å². The molecule has 2 aromatic carbocycles. The third kappa shape index (κ3) is 3.86. The minimum Gasteiger partial charge on any atom is -0.373 e. The summed E-state index contributed by atoms with van der Waals surface area (Å²) >= 11 is 1.42. The molecule has 7 nitrogen and oxygen atoms in total. The molecule has 1 heterocycles. The molecule has 0 radical (unpaired) electrons. The van der Waals surface area contributed by atoms with Gasteiger partial charge in [-0.05, 0) is 19.1 Å². The molecular formula is C17H14N4O3S. The third-order valence-electron chi connectivity index (χ3n) is 3.52. The Kier molecular flexibility index (Phi) is 4.80. The van der Waals surface area contributed by atoms with Gasteiger partial charge in [0.1, 0.15) is 15.7 Å². The lowest BCUT2D eigenvalue weighted by Crippen LogP contribution is -2.04. The standard InChI is InChI=1S/C17H14N4O3S/c1-11(22)13-7-8-14(15(9-13)21(23)24)18-10-16-19-20-17(25-16)12-5-3-2-4-6-12/h2-9,18H,10H2,1H3. The fraction of sp³-hybridized carbons (Fsp3) is 0.118. The van der Waals surface area contributed by atoms with Crippen LogP contribution in [0.3, 0.4) is 0 Å². The number of nitro groups is 1. The van der Waals surface area contributed by atoms with Gasteiger partial charge in [0, 0.05) is 17.2 Å². The molecule has 1 N–H and O–H groups in total. The molecule has 0 aliphatic rings. The fourth-order valence-electron chi connectivity index (χ4n) is 2.24. The van der Waals surface area contributed by atoms with Gasteiger partial charge in [-0.15, -0.1) is 10.2 Å². The number of anilines is 1. The molecule has 3 rings (SSSR count). The van der Waals surface area contributed by atoms with Crippen LogP contribution in [0.5, 0.6) is 0 Å². The average Bonchev–Trinajstić information content (AvgIpc) is 3.09. The minimum atomic E-state index is -0.510. The second-order valence-corrected chi connectivity index (χ2v) is 6.33. The first-order chi connectivity index (χ1) is 12.0. The van der Waals surface area contributed by atoms with E-state index in [2.05, 4.69) is 15.5 Å². The molecule has 8 heteroatoms. The number of nitro benzene ring substituents is 1. The predicted octanol–water partition coefficient (Wildman–Crippen LogP) is 3.93. The molecule has 0 fully saturated rings. The number of rotatable bonds is 6. The summed E-state index contributed by atoms with van der Waals surface area (Å²) in [6.07, 6.45) is 0. The van der Waals surface area contributed by atoms with Gasteiger partial charge in [-0.3, -0.25) is 14.9 Å². The van der Waals surface area contributed by atoms with Crippen molar-refractivity contribution in [2.24, 2.45) is 0 Å². The Labute approximate surface area is 147 Å².